The molecule has 1 aliphatic carbocycles. The van der Waals surface area contributed by atoms with E-state index in [1.807, 2.05) is 25.1 Å². The largest absolute Gasteiger partial charge is 0.396 e. The number of nitrogens with zero attached hydrogens (tertiary/aromatic N) is 2. The minimum atomic E-state index is -0.350. The van der Waals surface area contributed by atoms with Gasteiger partial charge < -0.3 is 10.4 Å². The van der Waals surface area contributed by atoms with Crippen molar-refractivity contribution in [2.45, 2.75) is 74.9 Å². The Morgan fingerprint density at radius 1 is 1.29 bits per heavy atom. The van der Waals surface area contributed by atoms with E-state index in [1.54, 1.807) is 10.6 Å². The molecule has 1 amide bonds. The van der Waals surface area contributed by atoms with Crippen molar-refractivity contribution in [1.29, 1.82) is 0 Å². The van der Waals surface area contributed by atoms with Gasteiger partial charge >= 0.3 is 0 Å². The third kappa shape index (κ3) is 5.14. The number of aliphatic hydroxyl groups excluding tert-OH is 1. The zero-order valence-electron chi connectivity index (χ0n) is 16.4. The maximum Gasteiger partial charge on any atom is 0.262 e. The molecule has 0 radical (unpaired) electrons. The number of aromatic nitrogens is 2. The van der Waals surface area contributed by atoms with Crippen molar-refractivity contribution >= 4 is 28.6 Å². The van der Waals surface area contributed by atoms with Crippen LogP contribution in [-0.4, -0.2) is 38.5 Å². The van der Waals surface area contributed by atoms with Gasteiger partial charge in [-0.1, -0.05) is 49.6 Å². The second-order valence-electron chi connectivity index (χ2n) is 7.40. The van der Waals surface area contributed by atoms with Crippen molar-refractivity contribution in [2.24, 2.45) is 0 Å². The van der Waals surface area contributed by atoms with Gasteiger partial charge in [-0.2, -0.15) is 0 Å². The average Bonchev–Trinajstić information content (AvgIpc) is 2.96. The topological polar surface area (TPSA) is 84.2 Å². The van der Waals surface area contributed by atoms with Crippen molar-refractivity contribution in [2.75, 3.05) is 6.61 Å². The van der Waals surface area contributed by atoms with Gasteiger partial charge in [0, 0.05) is 19.2 Å². The predicted molar refractivity (Wildman–Crippen MR) is 113 cm³/mol. The zero-order valence-corrected chi connectivity index (χ0v) is 17.2. The van der Waals surface area contributed by atoms with E-state index >= 15 is 0 Å². The van der Waals surface area contributed by atoms with Crippen LogP contribution >= 0.6 is 11.8 Å². The van der Waals surface area contributed by atoms with E-state index in [9.17, 15) is 14.7 Å². The number of carbonyl (C=O) groups is 1. The number of amides is 1. The zero-order chi connectivity index (χ0) is 19.9. The van der Waals surface area contributed by atoms with E-state index in [0.29, 0.717) is 29.0 Å². The first-order valence-corrected chi connectivity index (χ1v) is 11.1. The van der Waals surface area contributed by atoms with E-state index < -0.39 is 0 Å². The summed E-state index contributed by atoms with van der Waals surface area (Å²) in [6.45, 7) is 2.24. The Morgan fingerprint density at radius 3 is 2.71 bits per heavy atom. The third-order valence-electron chi connectivity index (χ3n) is 5.22. The van der Waals surface area contributed by atoms with E-state index in [-0.39, 0.29) is 29.4 Å². The number of nitrogens with one attached hydrogen (secondary N) is 1. The SMILES string of the molecule is C[C@H](Sc1nc2ccccc2c(=O)n1CCCO)C(=O)NC1CCCCCC1. The molecule has 1 aromatic carbocycles. The van der Waals surface area contributed by atoms with Crippen LogP contribution in [0.25, 0.3) is 10.9 Å². The number of carbonyl (C=O) groups excluding carboxylic acids is 1. The molecule has 0 aliphatic heterocycles. The molecule has 3 rings (SSSR count). The standard InChI is InChI=1S/C21H29N3O3S/c1-15(19(26)22-16-9-4-2-3-5-10-16)28-21-23-18-12-7-6-11-17(18)20(27)24(21)13-8-14-25/h6-7,11-12,15-16,25H,2-5,8-10,13-14H2,1H3,(H,22,26)/t15-/m0/s1. The molecule has 1 atom stereocenters. The maximum atomic E-state index is 12.9. The molecule has 2 N–H and O–H groups in total. The number of thioether (sulfide) groups is 1. The minimum Gasteiger partial charge on any atom is -0.396 e. The number of aliphatic hydroxyl groups is 1. The van der Waals surface area contributed by atoms with Gasteiger partial charge in [0.05, 0.1) is 16.2 Å². The van der Waals surface area contributed by atoms with Crippen LogP contribution in [-0.2, 0) is 11.3 Å². The smallest absolute Gasteiger partial charge is 0.262 e. The molecule has 0 bridgehead atoms. The average molecular weight is 404 g/mol. The summed E-state index contributed by atoms with van der Waals surface area (Å²) in [5.41, 5.74) is 0.504. The van der Waals surface area contributed by atoms with Crippen molar-refractivity contribution in [1.82, 2.24) is 14.9 Å². The summed E-state index contributed by atoms with van der Waals surface area (Å²) in [4.78, 5) is 30.2. The summed E-state index contributed by atoms with van der Waals surface area (Å²) < 4.78 is 1.58. The molecule has 1 aromatic heterocycles. The number of hydrogen-bond donors (Lipinski definition) is 2. The molecule has 0 spiro atoms. The summed E-state index contributed by atoms with van der Waals surface area (Å²) in [5.74, 6) is -0.00647. The molecular formula is C21H29N3O3S. The van der Waals surface area contributed by atoms with Gasteiger partial charge in [0.25, 0.3) is 5.56 Å². The quantitative estimate of drug-likeness (QED) is 0.422. The molecule has 2 aromatic rings. The number of hydrogen-bond acceptors (Lipinski definition) is 5. The molecule has 6 nitrogen and oxygen atoms in total. The van der Waals surface area contributed by atoms with Gasteiger partial charge in [0.15, 0.2) is 5.16 Å². The van der Waals surface area contributed by atoms with E-state index in [2.05, 4.69) is 10.3 Å². The highest BCUT2D eigenvalue weighted by Crippen LogP contribution is 2.24. The number of rotatable bonds is 7. The monoisotopic (exact) mass is 403 g/mol. The minimum absolute atomic E-state index is 0.00108. The molecular weight excluding hydrogens is 374 g/mol. The van der Waals surface area contributed by atoms with Crippen molar-refractivity contribution < 1.29 is 9.90 Å². The Kier molecular flexibility index (Phi) is 7.50. The molecule has 152 valence electrons. The van der Waals surface area contributed by atoms with Crippen LogP contribution < -0.4 is 10.9 Å². The summed E-state index contributed by atoms with van der Waals surface area (Å²) in [6, 6.07) is 7.49. The Hall–Kier alpha value is -1.86. The molecule has 1 fully saturated rings. The number of para-hydroxylation sites is 1. The highest BCUT2D eigenvalue weighted by molar-refractivity contribution is 8.00. The lowest BCUT2D eigenvalue weighted by atomic mass is 10.1. The Bertz CT molecular complexity index is 860. The van der Waals surface area contributed by atoms with Gasteiger partial charge in [0.1, 0.15) is 0 Å². The van der Waals surface area contributed by atoms with E-state index in [1.165, 1.54) is 37.4 Å². The van der Waals surface area contributed by atoms with Crippen molar-refractivity contribution in [3.63, 3.8) is 0 Å². The molecule has 28 heavy (non-hydrogen) atoms. The van der Waals surface area contributed by atoms with Gasteiger partial charge in [-0.25, -0.2) is 4.98 Å². The van der Waals surface area contributed by atoms with Crippen LogP contribution in [0.15, 0.2) is 34.2 Å². The lowest BCUT2D eigenvalue weighted by molar-refractivity contribution is -0.121. The first-order chi connectivity index (χ1) is 13.6. The summed E-state index contributed by atoms with van der Waals surface area (Å²) in [7, 11) is 0. The van der Waals surface area contributed by atoms with Gasteiger partial charge in [0.2, 0.25) is 5.91 Å². The highest BCUT2D eigenvalue weighted by Gasteiger charge is 2.22. The van der Waals surface area contributed by atoms with Crippen LogP contribution in [0.3, 0.4) is 0 Å². The second kappa shape index (κ2) is 10.1. The predicted octanol–water partition coefficient (Wildman–Crippen LogP) is 3.10. The van der Waals surface area contributed by atoms with Crippen LogP contribution in [0.1, 0.15) is 51.9 Å². The third-order valence-corrected chi connectivity index (χ3v) is 6.31. The van der Waals surface area contributed by atoms with Crippen LogP contribution in [0.4, 0.5) is 0 Å². The maximum absolute atomic E-state index is 12.9. The molecule has 1 saturated carbocycles. The number of fused-ring (bicyclic) bond motifs is 1. The highest BCUT2D eigenvalue weighted by atomic mass is 32.2. The first kappa shape index (κ1) is 20.9. The molecule has 7 heteroatoms. The van der Waals surface area contributed by atoms with Gasteiger partial charge in [-0.3, -0.25) is 14.2 Å². The van der Waals surface area contributed by atoms with Crippen LogP contribution in [0.2, 0.25) is 0 Å². The van der Waals surface area contributed by atoms with Crippen molar-refractivity contribution in [3.8, 4) is 0 Å². The Morgan fingerprint density at radius 2 is 2.00 bits per heavy atom. The van der Waals surface area contributed by atoms with Gasteiger partial charge in [-0.05, 0) is 38.3 Å². The fourth-order valence-corrected chi connectivity index (χ4v) is 4.56. The molecule has 0 unspecified atom stereocenters. The lowest BCUT2D eigenvalue weighted by Crippen LogP contribution is -2.39. The summed E-state index contributed by atoms with van der Waals surface area (Å²) in [5, 5.41) is 13.1. The number of benzene rings is 1. The van der Waals surface area contributed by atoms with E-state index in [4.69, 9.17) is 0 Å². The normalized spacial score (nSPS) is 16.6. The van der Waals surface area contributed by atoms with Gasteiger partial charge in [-0.15, -0.1) is 0 Å². The first-order valence-electron chi connectivity index (χ1n) is 10.2. The molecule has 1 heterocycles. The second-order valence-corrected chi connectivity index (χ2v) is 8.71. The Labute approximate surface area is 169 Å². The van der Waals surface area contributed by atoms with E-state index in [0.717, 1.165) is 12.8 Å². The molecule has 1 aliphatic rings. The van der Waals surface area contributed by atoms with Crippen LogP contribution in [0.5, 0.6) is 0 Å². The lowest BCUT2D eigenvalue weighted by Gasteiger charge is -2.20. The van der Waals surface area contributed by atoms with Crippen molar-refractivity contribution in [3.05, 3.63) is 34.6 Å². The van der Waals surface area contributed by atoms with Crippen LogP contribution in [0, 0.1) is 0 Å². The summed E-state index contributed by atoms with van der Waals surface area (Å²) in [6.07, 6.45) is 7.37. The molecule has 0 saturated heterocycles. The fourth-order valence-electron chi connectivity index (χ4n) is 3.62. The summed E-state index contributed by atoms with van der Waals surface area (Å²) >= 11 is 1.31. The fraction of sp³-hybridized carbons (Fsp3) is 0.571. The Balaban J connectivity index is 1.79.